The van der Waals surface area contributed by atoms with E-state index in [1.807, 2.05) is 30.3 Å². The van der Waals surface area contributed by atoms with Crippen LogP contribution in [0.3, 0.4) is 0 Å². The third-order valence-corrected chi connectivity index (χ3v) is 8.41. The Hall–Kier alpha value is -4.36. The van der Waals surface area contributed by atoms with Crippen LogP contribution in [0.4, 0.5) is 5.00 Å². The molecule has 0 atom stereocenters. The minimum Gasteiger partial charge on any atom is -0.465 e. The highest BCUT2D eigenvalue weighted by Gasteiger charge is 2.27. The molecule has 0 spiro atoms. The molecule has 1 N–H and O–H groups in total. The van der Waals surface area contributed by atoms with E-state index in [0.29, 0.717) is 22.4 Å². The molecular formula is C27H25N3O8S2. The second-order valence-corrected chi connectivity index (χ2v) is 10.6. The Balaban J connectivity index is 1.53. The van der Waals surface area contributed by atoms with Crippen LogP contribution in [0.2, 0.25) is 0 Å². The lowest BCUT2D eigenvalue weighted by atomic mass is 10.1. The van der Waals surface area contributed by atoms with E-state index in [-0.39, 0.29) is 32.3 Å². The fourth-order valence-corrected chi connectivity index (χ4v) is 6.16. The maximum absolute atomic E-state index is 13.2. The molecule has 4 aromatic rings. The molecule has 3 aromatic heterocycles. The molecule has 0 saturated heterocycles. The molecule has 1 amide bonds. The van der Waals surface area contributed by atoms with Crippen molar-refractivity contribution in [2.45, 2.75) is 26.8 Å². The number of hydrogen-bond donors (Lipinski definition) is 1. The lowest BCUT2D eigenvalue weighted by Crippen LogP contribution is -2.28. The number of carbonyl (C=O) groups excluding carboxylic acids is 4. The van der Waals surface area contributed by atoms with Crippen molar-refractivity contribution in [3.05, 3.63) is 79.0 Å². The highest BCUT2D eigenvalue weighted by atomic mass is 32.1. The van der Waals surface area contributed by atoms with E-state index in [9.17, 15) is 24.0 Å². The highest BCUT2D eigenvalue weighted by molar-refractivity contribution is 7.20. The molecule has 208 valence electrons. The summed E-state index contributed by atoms with van der Waals surface area (Å²) in [6.45, 7) is 2.92. The maximum atomic E-state index is 13.2. The fraction of sp³-hybridized carbons (Fsp3) is 0.259. The van der Waals surface area contributed by atoms with E-state index in [0.717, 1.165) is 32.8 Å². The molecule has 4 rings (SSSR count). The number of nitrogens with one attached hydrogen (secondary N) is 1. The Bertz CT molecular complexity index is 1670. The van der Waals surface area contributed by atoms with Gasteiger partial charge in [0.25, 0.3) is 5.56 Å². The number of benzene rings is 1. The molecule has 11 nitrogen and oxygen atoms in total. The summed E-state index contributed by atoms with van der Waals surface area (Å²) in [6.07, 6.45) is 1.77. The third kappa shape index (κ3) is 5.80. The first-order chi connectivity index (χ1) is 19.2. The van der Waals surface area contributed by atoms with Crippen molar-refractivity contribution in [3.8, 4) is 0 Å². The molecule has 0 aliphatic rings. The minimum absolute atomic E-state index is 0.0197. The number of fused-ring (bicyclic) bond motifs is 1. The van der Waals surface area contributed by atoms with Gasteiger partial charge in [0.1, 0.15) is 26.1 Å². The van der Waals surface area contributed by atoms with Gasteiger partial charge in [-0.15, -0.1) is 22.7 Å². The van der Waals surface area contributed by atoms with Crippen LogP contribution < -0.4 is 10.9 Å². The van der Waals surface area contributed by atoms with Crippen LogP contribution in [-0.2, 0) is 32.0 Å². The monoisotopic (exact) mass is 583 g/mol. The number of aryl methyl sites for hydroxylation is 1. The summed E-state index contributed by atoms with van der Waals surface area (Å²) in [4.78, 5) is 68.3. The maximum Gasteiger partial charge on any atom is 0.348 e. The molecule has 13 heteroatoms. The first-order valence-corrected chi connectivity index (χ1v) is 13.6. The molecule has 0 aliphatic heterocycles. The summed E-state index contributed by atoms with van der Waals surface area (Å²) in [5, 5.41) is 2.88. The van der Waals surface area contributed by atoms with Crippen LogP contribution in [-0.4, -0.2) is 54.2 Å². The van der Waals surface area contributed by atoms with Gasteiger partial charge in [0, 0.05) is 6.42 Å². The van der Waals surface area contributed by atoms with Gasteiger partial charge < -0.3 is 19.5 Å². The number of thiophene rings is 2. The number of rotatable bonds is 9. The minimum atomic E-state index is -0.739. The van der Waals surface area contributed by atoms with Crippen molar-refractivity contribution in [1.82, 2.24) is 9.55 Å². The quantitative estimate of drug-likeness (QED) is 0.230. The predicted octanol–water partition coefficient (Wildman–Crippen LogP) is 3.75. The Kier molecular flexibility index (Phi) is 8.75. The van der Waals surface area contributed by atoms with E-state index in [4.69, 9.17) is 14.2 Å². The Morgan fingerprint density at radius 2 is 1.60 bits per heavy atom. The first kappa shape index (κ1) is 28.6. The van der Waals surface area contributed by atoms with Gasteiger partial charge in [0.2, 0.25) is 5.91 Å². The molecule has 3 heterocycles. The van der Waals surface area contributed by atoms with Gasteiger partial charge in [-0.05, 0) is 30.5 Å². The summed E-state index contributed by atoms with van der Waals surface area (Å²) < 4.78 is 16.1. The number of hydrogen-bond acceptors (Lipinski definition) is 11. The Morgan fingerprint density at radius 1 is 0.925 bits per heavy atom. The van der Waals surface area contributed by atoms with E-state index in [1.165, 1.54) is 27.5 Å². The molecule has 40 heavy (non-hydrogen) atoms. The van der Waals surface area contributed by atoms with Gasteiger partial charge in [-0.2, -0.15) is 0 Å². The number of amides is 1. The number of ether oxygens (including phenoxy) is 3. The first-order valence-electron chi connectivity index (χ1n) is 12.0. The van der Waals surface area contributed by atoms with E-state index in [2.05, 4.69) is 10.3 Å². The number of nitrogens with zero attached hydrogens (tertiary/aromatic N) is 2. The Labute approximate surface area is 236 Å². The second-order valence-electron chi connectivity index (χ2n) is 8.58. The summed E-state index contributed by atoms with van der Waals surface area (Å²) in [7, 11) is 2.38. The lowest BCUT2D eigenvalue weighted by Gasteiger charge is -2.08. The molecule has 1 aromatic carbocycles. The standard InChI is InChI=1S/C27H25N3O8S2/c1-14-18-22(39-21(14)27(35)38-11-10-16-8-6-5-7-9-16)28-13-30(24(18)32)12-17(31)29-23-19(25(33)36-3)15(2)20(40-23)26(34)37-4/h5-9,13H,10-12H2,1-4H3,(H,29,31). The van der Waals surface area contributed by atoms with Crippen molar-refractivity contribution in [3.63, 3.8) is 0 Å². The number of carbonyl (C=O) groups is 4. The topological polar surface area (TPSA) is 143 Å². The van der Waals surface area contributed by atoms with Crippen molar-refractivity contribution < 1.29 is 33.4 Å². The molecule has 0 radical (unpaired) electrons. The number of esters is 3. The molecule has 0 saturated carbocycles. The van der Waals surface area contributed by atoms with Crippen molar-refractivity contribution in [2.24, 2.45) is 0 Å². The van der Waals surface area contributed by atoms with Crippen LogP contribution in [0.15, 0.2) is 41.5 Å². The van der Waals surface area contributed by atoms with Crippen LogP contribution in [0.1, 0.15) is 46.4 Å². The van der Waals surface area contributed by atoms with E-state index < -0.39 is 35.9 Å². The molecule has 0 fully saturated rings. The predicted molar refractivity (Wildman–Crippen MR) is 149 cm³/mol. The average Bonchev–Trinajstić information content (AvgIpc) is 3.46. The van der Waals surface area contributed by atoms with E-state index >= 15 is 0 Å². The fourth-order valence-electron chi connectivity index (χ4n) is 4.00. The van der Waals surface area contributed by atoms with Crippen molar-refractivity contribution in [1.29, 1.82) is 0 Å². The zero-order valence-electron chi connectivity index (χ0n) is 22.1. The summed E-state index contributed by atoms with van der Waals surface area (Å²) >= 11 is 1.91. The highest BCUT2D eigenvalue weighted by Crippen LogP contribution is 2.34. The summed E-state index contributed by atoms with van der Waals surface area (Å²) in [5.74, 6) is -2.60. The summed E-state index contributed by atoms with van der Waals surface area (Å²) in [6, 6.07) is 9.60. The molecule has 0 bridgehead atoms. The number of methoxy groups -OCH3 is 2. The smallest absolute Gasteiger partial charge is 0.348 e. The third-order valence-electron chi connectivity index (χ3n) is 6.04. The number of aromatic nitrogens is 2. The van der Waals surface area contributed by atoms with Gasteiger partial charge in [-0.3, -0.25) is 14.2 Å². The van der Waals surface area contributed by atoms with Crippen LogP contribution in [0, 0.1) is 13.8 Å². The number of anilines is 1. The van der Waals surface area contributed by atoms with Gasteiger partial charge in [0.05, 0.1) is 38.1 Å². The van der Waals surface area contributed by atoms with Crippen LogP contribution in [0.25, 0.3) is 10.2 Å². The lowest BCUT2D eigenvalue weighted by molar-refractivity contribution is -0.116. The SMILES string of the molecule is COC(=O)c1sc(NC(=O)Cn2cnc3sc(C(=O)OCCc4ccccc4)c(C)c3c2=O)c(C(=O)OC)c1C. The Morgan fingerprint density at radius 3 is 2.27 bits per heavy atom. The van der Waals surface area contributed by atoms with Crippen molar-refractivity contribution >= 4 is 61.7 Å². The molecular weight excluding hydrogens is 558 g/mol. The average molecular weight is 584 g/mol. The second kappa shape index (κ2) is 12.2. The molecule has 0 aliphatic carbocycles. The van der Waals surface area contributed by atoms with Crippen LogP contribution in [0.5, 0.6) is 0 Å². The molecule has 0 unspecified atom stereocenters. The zero-order valence-corrected chi connectivity index (χ0v) is 23.7. The van der Waals surface area contributed by atoms with Crippen molar-refractivity contribution in [2.75, 3.05) is 26.1 Å². The van der Waals surface area contributed by atoms with Gasteiger partial charge >= 0.3 is 17.9 Å². The largest absolute Gasteiger partial charge is 0.465 e. The zero-order chi connectivity index (χ0) is 29.0. The van der Waals surface area contributed by atoms with Gasteiger partial charge in [0.15, 0.2) is 0 Å². The van der Waals surface area contributed by atoms with Gasteiger partial charge in [-0.1, -0.05) is 30.3 Å². The van der Waals surface area contributed by atoms with E-state index in [1.54, 1.807) is 6.92 Å². The van der Waals surface area contributed by atoms with Crippen LogP contribution >= 0.6 is 22.7 Å². The van der Waals surface area contributed by atoms with Gasteiger partial charge in [-0.25, -0.2) is 19.4 Å². The summed E-state index contributed by atoms with van der Waals surface area (Å²) in [5.41, 5.74) is 1.26. The normalized spacial score (nSPS) is 10.8.